The first-order valence-corrected chi connectivity index (χ1v) is 5.27. The first-order chi connectivity index (χ1) is 6.71. The van der Waals surface area contributed by atoms with Gasteiger partial charge in [-0.15, -0.1) is 5.10 Å². The fraction of sp³-hybridized carbons (Fsp3) is 0.600. The maximum atomic E-state index is 6.03. The fourth-order valence-electron chi connectivity index (χ4n) is 1.82. The van der Waals surface area contributed by atoms with E-state index in [9.17, 15) is 0 Å². The van der Waals surface area contributed by atoms with Gasteiger partial charge in [-0.3, -0.25) is 0 Å². The van der Waals surface area contributed by atoms with Crippen molar-refractivity contribution in [3.05, 3.63) is 16.8 Å². The van der Waals surface area contributed by atoms with Crippen molar-refractivity contribution >= 4 is 11.6 Å². The molecule has 1 aliphatic rings. The van der Waals surface area contributed by atoms with Gasteiger partial charge in [0, 0.05) is 12.0 Å². The number of rotatable bonds is 2. The molecule has 2 heterocycles. The van der Waals surface area contributed by atoms with Crippen LogP contribution in [0.15, 0.2) is 6.20 Å². The summed E-state index contributed by atoms with van der Waals surface area (Å²) in [6, 6.07) is 0. The molecule has 0 fully saturated rings. The molecule has 3 nitrogen and oxygen atoms in total. The molecule has 4 heteroatoms. The molecule has 0 atom stereocenters. The Morgan fingerprint density at radius 2 is 2.21 bits per heavy atom. The van der Waals surface area contributed by atoms with Crippen LogP contribution in [0.3, 0.4) is 0 Å². The normalized spacial score (nSPS) is 17.6. The lowest BCUT2D eigenvalue weighted by Gasteiger charge is -2.24. The molecule has 0 aliphatic carbocycles. The summed E-state index contributed by atoms with van der Waals surface area (Å²) in [5, 5.41) is 8.40. The zero-order valence-electron chi connectivity index (χ0n) is 8.38. The van der Waals surface area contributed by atoms with Crippen LogP contribution in [-0.2, 0) is 6.42 Å². The van der Waals surface area contributed by atoms with Crippen molar-refractivity contribution in [1.82, 2.24) is 10.2 Å². The van der Waals surface area contributed by atoms with Gasteiger partial charge in [0.25, 0.3) is 0 Å². The van der Waals surface area contributed by atoms with Crippen LogP contribution in [0.1, 0.15) is 32.3 Å². The van der Waals surface area contributed by atoms with Gasteiger partial charge in [0.15, 0.2) is 0 Å². The summed E-state index contributed by atoms with van der Waals surface area (Å²) in [6.07, 6.45) is 4.36. The number of halogens is 1. The highest BCUT2D eigenvalue weighted by Gasteiger charge is 2.38. The van der Waals surface area contributed by atoms with Gasteiger partial charge in [0.1, 0.15) is 5.60 Å². The van der Waals surface area contributed by atoms with E-state index in [1.165, 1.54) is 0 Å². The molecule has 76 valence electrons. The number of ether oxygens (including phenoxy) is 1. The molecular formula is C10H13ClN2O. The maximum absolute atomic E-state index is 6.03. The molecule has 0 saturated heterocycles. The standard InChI is InChI=1S/C10H13ClN2O/c1-3-10(4-2)5-7-8(11)6-12-13-9(7)14-10/h6H,3-5H2,1-2H3. The molecule has 2 rings (SSSR count). The largest absolute Gasteiger partial charge is 0.469 e. The smallest absolute Gasteiger partial charge is 0.238 e. The number of hydrogen-bond acceptors (Lipinski definition) is 3. The second kappa shape index (κ2) is 3.39. The molecular weight excluding hydrogens is 200 g/mol. The third-order valence-electron chi connectivity index (χ3n) is 2.97. The highest BCUT2D eigenvalue weighted by Crippen LogP contribution is 2.39. The number of fused-ring (bicyclic) bond motifs is 1. The lowest BCUT2D eigenvalue weighted by Crippen LogP contribution is -2.32. The molecule has 1 aromatic heterocycles. The zero-order chi connectivity index (χ0) is 10.2. The Balaban J connectivity index is 2.38. The average Bonchev–Trinajstić information content (AvgIpc) is 2.59. The van der Waals surface area contributed by atoms with Gasteiger partial charge < -0.3 is 4.74 Å². The van der Waals surface area contributed by atoms with Crippen molar-refractivity contribution in [2.75, 3.05) is 0 Å². The van der Waals surface area contributed by atoms with Crippen LogP contribution in [-0.4, -0.2) is 15.8 Å². The van der Waals surface area contributed by atoms with Gasteiger partial charge in [0.05, 0.1) is 11.2 Å². The molecule has 0 radical (unpaired) electrons. The van der Waals surface area contributed by atoms with Crippen molar-refractivity contribution in [2.24, 2.45) is 0 Å². The highest BCUT2D eigenvalue weighted by atomic mass is 35.5. The topological polar surface area (TPSA) is 35.0 Å². The molecule has 0 unspecified atom stereocenters. The summed E-state index contributed by atoms with van der Waals surface area (Å²) < 4.78 is 5.82. The summed E-state index contributed by atoms with van der Waals surface area (Å²) in [5.74, 6) is 0.612. The monoisotopic (exact) mass is 212 g/mol. The lowest BCUT2D eigenvalue weighted by atomic mass is 9.92. The third kappa shape index (κ3) is 1.36. The summed E-state index contributed by atoms with van der Waals surface area (Å²) in [5.41, 5.74) is 0.896. The molecule has 0 spiro atoms. The second-order valence-corrected chi connectivity index (χ2v) is 4.05. The minimum absolute atomic E-state index is 0.109. The number of nitrogens with zero attached hydrogens (tertiary/aromatic N) is 2. The van der Waals surface area contributed by atoms with E-state index in [1.54, 1.807) is 6.20 Å². The van der Waals surface area contributed by atoms with E-state index < -0.39 is 0 Å². The predicted octanol–water partition coefficient (Wildman–Crippen LogP) is 2.62. The van der Waals surface area contributed by atoms with Crippen LogP contribution in [0.25, 0.3) is 0 Å². The van der Waals surface area contributed by atoms with Gasteiger partial charge in [-0.2, -0.15) is 5.10 Å². The molecule has 1 aromatic rings. The highest BCUT2D eigenvalue weighted by molar-refractivity contribution is 6.31. The number of hydrogen-bond donors (Lipinski definition) is 0. The first-order valence-electron chi connectivity index (χ1n) is 4.90. The summed E-state index contributed by atoms with van der Waals surface area (Å²) in [6.45, 7) is 4.24. The average molecular weight is 213 g/mol. The van der Waals surface area contributed by atoms with Crippen LogP contribution < -0.4 is 4.74 Å². The van der Waals surface area contributed by atoms with Gasteiger partial charge in [-0.25, -0.2) is 0 Å². The van der Waals surface area contributed by atoms with Crippen LogP contribution in [0.2, 0.25) is 5.02 Å². The Bertz CT molecular complexity index is 350. The van der Waals surface area contributed by atoms with E-state index in [2.05, 4.69) is 24.0 Å². The molecule has 0 N–H and O–H groups in total. The Morgan fingerprint density at radius 1 is 1.50 bits per heavy atom. The maximum Gasteiger partial charge on any atom is 0.238 e. The van der Waals surface area contributed by atoms with Crippen molar-refractivity contribution in [2.45, 2.75) is 38.7 Å². The van der Waals surface area contributed by atoms with Crippen molar-refractivity contribution < 1.29 is 4.74 Å². The first kappa shape index (κ1) is 9.71. The second-order valence-electron chi connectivity index (χ2n) is 3.65. The van der Waals surface area contributed by atoms with Crippen molar-refractivity contribution in [3.63, 3.8) is 0 Å². The SMILES string of the molecule is CCC1(CC)Cc2c(Cl)cnnc2O1. The molecule has 14 heavy (non-hydrogen) atoms. The van der Waals surface area contributed by atoms with Crippen molar-refractivity contribution in [3.8, 4) is 5.88 Å². The summed E-state index contributed by atoms with van der Waals surface area (Å²) >= 11 is 6.03. The Kier molecular flexibility index (Phi) is 2.35. The molecule has 0 bridgehead atoms. The fourth-order valence-corrected chi connectivity index (χ4v) is 2.01. The molecule has 1 aliphatic heterocycles. The van der Waals surface area contributed by atoms with Gasteiger partial charge in [-0.1, -0.05) is 25.4 Å². The summed E-state index contributed by atoms with van der Waals surface area (Å²) in [7, 11) is 0. The van der Waals surface area contributed by atoms with Crippen LogP contribution >= 0.6 is 11.6 Å². The van der Waals surface area contributed by atoms with Crippen LogP contribution in [0.4, 0.5) is 0 Å². The van der Waals surface area contributed by atoms with Crippen LogP contribution in [0, 0.1) is 0 Å². The zero-order valence-corrected chi connectivity index (χ0v) is 9.14. The molecule has 0 aromatic carbocycles. The third-order valence-corrected chi connectivity index (χ3v) is 3.29. The summed E-state index contributed by atoms with van der Waals surface area (Å²) in [4.78, 5) is 0. The van der Waals surface area contributed by atoms with E-state index in [4.69, 9.17) is 16.3 Å². The Morgan fingerprint density at radius 3 is 2.79 bits per heavy atom. The van der Waals surface area contributed by atoms with Crippen molar-refractivity contribution in [1.29, 1.82) is 0 Å². The van der Waals surface area contributed by atoms with E-state index in [-0.39, 0.29) is 5.60 Å². The van der Waals surface area contributed by atoms with Gasteiger partial charge >= 0.3 is 0 Å². The number of aromatic nitrogens is 2. The predicted molar refractivity (Wildman–Crippen MR) is 54.7 cm³/mol. The molecule has 0 saturated carbocycles. The minimum Gasteiger partial charge on any atom is -0.469 e. The van der Waals surface area contributed by atoms with E-state index in [1.807, 2.05) is 0 Å². The minimum atomic E-state index is -0.109. The van der Waals surface area contributed by atoms with Gasteiger partial charge in [-0.05, 0) is 12.8 Å². The van der Waals surface area contributed by atoms with E-state index in [0.29, 0.717) is 10.9 Å². The van der Waals surface area contributed by atoms with E-state index in [0.717, 1.165) is 24.8 Å². The Hall–Kier alpha value is -0.830. The van der Waals surface area contributed by atoms with Gasteiger partial charge in [0.2, 0.25) is 5.88 Å². The van der Waals surface area contributed by atoms with E-state index >= 15 is 0 Å². The lowest BCUT2D eigenvalue weighted by molar-refractivity contribution is 0.0805. The molecule has 0 amide bonds. The Labute approximate surface area is 88.4 Å². The van der Waals surface area contributed by atoms with Crippen LogP contribution in [0.5, 0.6) is 5.88 Å². The quantitative estimate of drug-likeness (QED) is 0.756.